The molecule has 0 atom stereocenters. The van der Waals surface area contributed by atoms with E-state index < -0.39 is 0 Å². The Bertz CT molecular complexity index is 675. The molecule has 4 heteroatoms. The first-order valence-electron chi connectivity index (χ1n) is 6.42. The molecular weight excluding hydrogens is 250 g/mol. The summed E-state index contributed by atoms with van der Waals surface area (Å²) in [5.74, 6) is 0.184. The lowest BCUT2D eigenvalue weighted by molar-refractivity contribution is 0.472. The summed E-state index contributed by atoms with van der Waals surface area (Å²) in [7, 11) is 0. The first-order chi connectivity index (χ1) is 9.81. The average molecular weight is 265 g/mol. The molecule has 0 fully saturated rings. The van der Waals surface area contributed by atoms with Crippen molar-refractivity contribution in [2.24, 2.45) is 0 Å². The van der Waals surface area contributed by atoms with Crippen molar-refractivity contribution in [3.05, 3.63) is 72.8 Å². The maximum Gasteiger partial charge on any atom is 0.133 e. The highest BCUT2D eigenvalue weighted by Crippen LogP contribution is 2.16. The Morgan fingerprint density at radius 1 is 1.05 bits per heavy atom. The molecule has 2 N–H and O–H groups in total. The Hall–Kier alpha value is -2.75. The molecule has 0 unspecified atom stereocenters. The molecule has 0 spiro atoms. The maximum atomic E-state index is 9.20. The number of rotatable bonds is 4. The van der Waals surface area contributed by atoms with E-state index in [4.69, 9.17) is 0 Å². The minimum absolute atomic E-state index is 0.184. The summed E-state index contributed by atoms with van der Waals surface area (Å²) in [4.78, 5) is 4.15. The fourth-order valence-electron chi connectivity index (χ4n) is 2.00. The maximum absolute atomic E-state index is 9.20. The highest BCUT2D eigenvalue weighted by atomic mass is 16.3. The van der Waals surface area contributed by atoms with Gasteiger partial charge in [0.2, 0.25) is 0 Å². The predicted octanol–water partition coefficient (Wildman–Crippen LogP) is 3.19. The van der Waals surface area contributed by atoms with E-state index in [-0.39, 0.29) is 5.75 Å². The van der Waals surface area contributed by atoms with Crippen LogP contribution in [0.15, 0.2) is 67.1 Å². The number of pyridine rings is 1. The number of aromatic nitrogens is 2. The standard InChI is InChI=1S/C16H15N3O/c20-16-7-6-14(18-12-16)11-17-13-4-3-5-15(10-13)19-8-1-2-9-19/h1-10,12,17,20H,11H2. The van der Waals surface area contributed by atoms with Crippen molar-refractivity contribution >= 4 is 5.69 Å². The minimum Gasteiger partial charge on any atom is -0.506 e. The summed E-state index contributed by atoms with van der Waals surface area (Å²) in [6.07, 6.45) is 5.48. The molecule has 100 valence electrons. The Kier molecular flexibility index (Phi) is 3.37. The molecule has 20 heavy (non-hydrogen) atoms. The fourth-order valence-corrected chi connectivity index (χ4v) is 2.00. The number of benzene rings is 1. The van der Waals surface area contributed by atoms with Crippen molar-refractivity contribution in [3.63, 3.8) is 0 Å². The summed E-state index contributed by atoms with van der Waals surface area (Å²) < 4.78 is 2.06. The van der Waals surface area contributed by atoms with Gasteiger partial charge in [-0.25, -0.2) is 0 Å². The van der Waals surface area contributed by atoms with Gasteiger partial charge < -0.3 is 15.0 Å². The van der Waals surface area contributed by atoms with Crippen molar-refractivity contribution in [2.45, 2.75) is 6.54 Å². The summed E-state index contributed by atoms with van der Waals surface area (Å²) in [5, 5.41) is 12.5. The smallest absolute Gasteiger partial charge is 0.133 e. The Morgan fingerprint density at radius 3 is 2.65 bits per heavy atom. The Labute approximate surface area is 117 Å². The topological polar surface area (TPSA) is 50.1 Å². The quantitative estimate of drug-likeness (QED) is 0.761. The first-order valence-corrected chi connectivity index (χ1v) is 6.42. The van der Waals surface area contributed by atoms with E-state index in [0.717, 1.165) is 17.1 Å². The highest BCUT2D eigenvalue weighted by Gasteiger charge is 1.99. The van der Waals surface area contributed by atoms with Crippen molar-refractivity contribution in [3.8, 4) is 11.4 Å². The lowest BCUT2D eigenvalue weighted by Gasteiger charge is -2.09. The van der Waals surface area contributed by atoms with Gasteiger partial charge in [0, 0.05) is 23.8 Å². The van der Waals surface area contributed by atoms with Gasteiger partial charge in [0.1, 0.15) is 5.75 Å². The molecule has 0 radical (unpaired) electrons. The molecule has 0 aliphatic carbocycles. The second kappa shape index (κ2) is 5.48. The normalized spacial score (nSPS) is 10.4. The van der Waals surface area contributed by atoms with Crippen LogP contribution in [0, 0.1) is 0 Å². The molecule has 4 nitrogen and oxygen atoms in total. The summed E-state index contributed by atoms with van der Waals surface area (Å²) >= 11 is 0. The number of anilines is 1. The molecule has 3 aromatic rings. The molecule has 3 rings (SSSR count). The molecule has 0 aliphatic heterocycles. The molecule has 2 aromatic heterocycles. The summed E-state index contributed by atoms with van der Waals surface area (Å²) in [6.45, 7) is 0.620. The van der Waals surface area contributed by atoms with Crippen LogP contribution in [0.3, 0.4) is 0 Å². The van der Waals surface area contributed by atoms with Gasteiger partial charge in [-0.2, -0.15) is 0 Å². The average Bonchev–Trinajstić information content (AvgIpc) is 3.01. The third-order valence-electron chi connectivity index (χ3n) is 3.03. The van der Waals surface area contributed by atoms with Crippen LogP contribution in [0.1, 0.15) is 5.69 Å². The van der Waals surface area contributed by atoms with E-state index in [1.54, 1.807) is 12.1 Å². The third kappa shape index (κ3) is 2.80. The van der Waals surface area contributed by atoms with Gasteiger partial charge >= 0.3 is 0 Å². The lowest BCUT2D eigenvalue weighted by Crippen LogP contribution is -2.01. The van der Waals surface area contributed by atoms with Crippen LogP contribution in [0.5, 0.6) is 5.75 Å². The van der Waals surface area contributed by atoms with Crippen LogP contribution in [0.25, 0.3) is 5.69 Å². The van der Waals surface area contributed by atoms with Crippen LogP contribution in [0.4, 0.5) is 5.69 Å². The SMILES string of the molecule is Oc1ccc(CNc2cccc(-n3cccc3)c2)nc1. The zero-order valence-electron chi connectivity index (χ0n) is 10.9. The number of hydrogen-bond acceptors (Lipinski definition) is 3. The monoisotopic (exact) mass is 265 g/mol. The number of nitrogens with one attached hydrogen (secondary N) is 1. The van der Waals surface area contributed by atoms with Gasteiger partial charge in [-0.05, 0) is 42.5 Å². The Balaban J connectivity index is 1.72. The van der Waals surface area contributed by atoms with Gasteiger partial charge in [-0.3, -0.25) is 4.98 Å². The molecule has 0 saturated heterocycles. The molecule has 0 bridgehead atoms. The van der Waals surface area contributed by atoms with Crippen LogP contribution < -0.4 is 5.32 Å². The lowest BCUT2D eigenvalue weighted by atomic mass is 10.2. The van der Waals surface area contributed by atoms with Crippen molar-refractivity contribution in [1.82, 2.24) is 9.55 Å². The van der Waals surface area contributed by atoms with Gasteiger partial charge in [0.25, 0.3) is 0 Å². The van der Waals surface area contributed by atoms with Gasteiger partial charge in [0.05, 0.1) is 18.4 Å². The highest BCUT2D eigenvalue weighted by molar-refractivity contribution is 5.51. The number of aromatic hydroxyl groups is 1. The number of hydrogen-bond donors (Lipinski definition) is 2. The molecule has 0 aliphatic rings. The largest absolute Gasteiger partial charge is 0.506 e. The van der Waals surface area contributed by atoms with Crippen LogP contribution >= 0.6 is 0 Å². The Morgan fingerprint density at radius 2 is 1.90 bits per heavy atom. The van der Waals surface area contributed by atoms with E-state index in [1.165, 1.54) is 6.20 Å². The predicted molar refractivity (Wildman–Crippen MR) is 79.0 cm³/mol. The first kappa shape index (κ1) is 12.3. The molecular formula is C16H15N3O. The summed E-state index contributed by atoms with van der Waals surface area (Å²) in [5.41, 5.74) is 3.03. The van der Waals surface area contributed by atoms with Crippen molar-refractivity contribution in [1.29, 1.82) is 0 Å². The molecule has 1 aromatic carbocycles. The number of nitrogens with zero attached hydrogens (tertiary/aromatic N) is 2. The molecule has 0 amide bonds. The second-order valence-electron chi connectivity index (χ2n) is 4.50. The molecule has 2 heterocycles. The minimum atomic E-state index is 0.184. The van der Waals surface area contributed by atoms with Gasteiger partial charge in [-0.15, -0.1) is 0 Å². The van der Waals surface area contributed by atoms with Gasteiger partial charge in [-0.1, -0.05) is 6.07 Å². The van der Waals surface area contributed by atoms with Crippen LogP contribution in [-0.4, -0.2) is 14.7 Å². The second-order valence-corrected chi connectivity index (χ2v) is 4.50. The van der Waals surface area contributed by atoms with E-state index in [2.05, 4.69) is 27.0 Å². The van der Waals surface area contributed by atoms with E-state index in [9.17, 15) is 5.11 Å². The molecule has 0 saturated carbocycles. The van der Waals surface area contributed by atoms with Crippen molar-refractivity contribution < 1.29 is 5.11 Å². The summed E-state index contributed by atoms with van der Waals surface area (Å²) in [6, 6.07) is 15.6. The van der Waals surface area contributed by atoms with Crippen molar-refractivity contribution in [2.75, 3.05) is 5.32 Å². The van der Waals surface area contributed by atoms with Gasteiger partial charge in [0.15, 0.2) is 0 Å². The van der Waals surface area contributed by atoms with Crippen LogP contribution in [-0.2, 0) is 6.54 Å². The zero-order chi connectivity index (χ0) is 13.8. The zero-order valence-corrected chi connectivity index (χ0v) is 10.9. The van der Waals surface area contributed by atoms with E-state index in [1.807, 2.05) is 36.7 Å². The van der Waals surface area contributed by atoms with E-state index in [0.29, 0.717) is 6.54 Å². The fraction of sp³-hybridized carbons (Fsp3) is 0.0625. The van der Waals surface area contributed by atoms with Crippen LogP contribution in [0.2, 0.25) is 0 Å². The third-order valence-corrected chi connectivity index (χ3v) is 3.03. The van der Waals surface area contributed by atoms with E-state index >= 15 is 0 Å².